The molecule has 0 unspecified atom stereocenters. The van der Waals surface area contributed by atoms with E-state index in [-0.39, 0.29) is 0 Å². The Morgan fingerprint density at radius 2 is 1.92 bits per heavy atom. The molecule has 2 rings (SSSR count). The SMILES string of the molecule is Cc1cc2c(Cl)nc(C)nc2nn1. The van der Waals surface area contributed by atoms with Gasteiger partial charge in [-0.05, 0) is 19.9 Å². The Bertz CT molecular complexity index is 469. The Balaban J connectivity index is 2.87. The third kappa shape index (κ3) is 1.45. The molecule has 0 aromatic carbocycles. The molecular formula is C8H7ClN4. The van der Waals surface area contributed by atoms with Crippen LogP contribution in [-0.4, -0.2) is 20.2 Å². The largest absolute Gasteiger partial charge is 0.221 e. The Morgan fingerprint density at radius 3 is 2.69 bits per heavy atom. The summed E-state index contributed by atoms with van der Waals surface area (Å²) in [4.78, 5) is 8.14. The minimum atomic E-state index is 0.431. The summed E-state index contributed by atoms with van der Waals surface area (Å²) in [7, 11) is 0. The van der Waals surface area contributed by atoms with Crippen LogP contribution < -0.4 is 0 Å². The number of hydrogen-bond acceptors (Lipinski definition) is 4. The fraction of sp³-hybridized carbons (Fsp3) is 0.250. The molecular weight excluding hydrogens is 188 g/mol. The summed E-state index contributed by atoms with van der Waals surface area (Å²) in [5, 5.41) is 8.99. The van der Waals surface area contributed by atoms with Gasteiger partial charge in [0.2, 0.25) is 0 Å². The first kappa shape index (κ1) is 8.31. The van der Waals surface area contributed by atoms with E-state index in [2.05, 4.69) is 20.2 Å². The van der Waals surface area contributed by atoms with Gasteiger partial charge in [-0.1, -0.05) is 11.6 Å². The van der Waals surface area contributed by atoms with Crippen molar-refractivity contribution in [3.8, 4) is 0 Å². The maximum atomic E-state index is 5.92. The molecule has 2 aromatic heterocycles. The van der Waals surface area contributed by atoms with Gasteiger partial charge in [0.15, 0.2) is 5.65 Å². The van der Waals surface area contributed by atoms with E-state index in [4.69, 9.17) is 11.6 Å². The lowest BCUT2D eigenvalue weighted by Crippen LogP contribution is -1.95. The molecule has 4 nitrogen and oxygen atoms in total. The van der Waals surface area contributed by atoms with Crippen molar-refractivity contribution in [2.24, 2.45) is 0 Å². The lowest BCUT2D eigenvalue weighted by Gasteiger charge is -1.99. The van der Waals surface area contributed by atoms with Crippen molar-refractivity contribution in [1.29, 1.82) is 0 Å². The zero-order chi connectivity index (χ0) is 9.42. The third-order valence-electron chi connectivity index (χ3n) is 1.65. The molecule has 0 aliphatic heterocycles. The lowest BCUT2D eigenvalue weighted by molar-refractivity contribution is 0.975. The van der Waals surface area contributed by atoms with Gasteiger partial charge in [-0.25, -0.2) is 9.97 Å². The van der Waals surface area contributed by atoms with E-state index in [0.29, 0.717) is 16.6 Å². The average molecular weight is 195 g/mol. The van der Waals surface area contributed by atoms with Gasteiger partial charge in [0.1, 0.15) is 11.0 Å². The van der Waals surface area contributed by atoms with Crippen molar-refractivity contribution in [2.75, 3.05) is 0 Å². The maximum absolute atomic E-state index is 5.92. The molecule has 0 bridgehead atoms. The highest BCUT2D eigenvalue weighted by Gasteiger charge is 2.04. The van der Waals surface area contributed by atoms with Crippen LogP contribution >= 0.6 is 11.6 Å². The molecule has 5 heteroatoms. The molecule has 0 saturated heterocycles. The topological polar surface area (TPSA) is 51.6 Å². The minimum absolute atomic E-state index is 0.431. The monoisotopic (exact) mass is 194 g/mol. The Hall–Kier alpha value is -1.29. The quantitative estimate of drug-likeness (QED) is 0.599. The van der Waals surface area contributed by atoms with E-state index >= 15 is 0 Å². The molecule has 2 aromatic rings. The molecule has 2 heterocycles. The van der Waals surface area contributed by atoms with E-state index in [1.54, 1.807) is 6.92 Å². The highest BCUT2D eigenvalue weighted by Crippen LogP contribution is 2.18. The Labute approximate surface area is 80.0 Å². The maximum Gasteiger partial charge on any atom is 0.186 e. The molecule has 0 atom stereocenters. The number of aryl methyl sites for hydroxylation is 2. The number of aromatic nitrogens is 4. The summed E-state index contributed by atoms with van der Waals surface area (Å²) in [6.45, 7) is 3.62. The third-order valence-corrected chi connectivity index (χ3v) is 1.93. The van der Waals surface area contributed by atoms with Gasteiger partial charge in [-0.2, -0.15) is 5.10 Å². The van der Waals surface area contributed by atoms with Gasteiger partial charge >= 0.3 is 0 Å². The fourth-order valence-electron chi connectivity index (χ4n) is 1.10. The van der Waals surface area contributed by atoms with Gasteiger partial charge < -0.3 is 0 Å². The predicted octanol–water partition coefficient (Wildman–Crippen LogP) is 1.69. The van der Waals surface area contributed by atoms with Crippen LogP contribution in [0.2, 0.25) is 5.15 Å². The van der Waals surface area contributed by atoms with Gasteiger partial charge in [-0.3, -0.25) is 0 Å². The van der Waals surface area contributed by atoms with E-state index in [1.165, 1.54) is 0 Å². The Kier molecular flexibility index (Phi) is 1.84. The molecule has 13 heavy (non-hydrogen) atoms. The molecule has 66 valence electrons. The zero-order valence-corrected chi connectivity index (χ0v) is 8.00. The van der Waals surface area contributed by atoms with Gasteiger partial charge in [0.25, 0.3) is 0 Å². The lowest BCUT2D eigenvalue weighted by atomic mass is 10.3. The highest BCUT2D eigenvalue weighted by molar-refractivity contribution is 6.33. The van der Waals surface area contributed by atoms with Crippen LogP contribution in [0.5, 0.6) is 0 Å². The number of hydrogen-bond donors (Lipinski definition) is 0. The van der Waals surface area contributed by atoms with Crippen molar-refractivity contribution < 1.29 is 0 Å². The predicted molar refractivity (Wildman–Crippen MR) is 49.6 cm³/mol. The first-order valence-corrected chi connectivity index (χ1v) is 4.19. The molecule has 0 saturated carbocycles. The van der Waals surface area contributed by atoms with Crippen molar-refractivity contribution in [1.82, 2.24) is 20.2 Å². The van der Waals surface area contributed by atoms with Crippen LogP contribution in [0.25, 0.3) is 11.0 Å². The van der Waals surface area contributed by atoms with Crippen LogP contribution in [0, 0.1) is 13.8 Å². The summed E-state index contributed by atoms with van der Waals surface area (Å²) in [5.74, 6) is 0.607. The van der Waals surface area contributed by atoms with Crippen molar-refractivity contribution in [2.45, 2.75) is 13.8 Å². The number of halogens is 1. The van der Waals surface area contributed by atoms with Gasteiger partial charge in [0.05, 0.1) is 11.1 Å². The summed E-state index contributed by atoms with van der Waals surface area (Å²) in [6.07, 6.45) is 0. The van der Waals surface area contributed by atoms with Crippen LogP contribution in [0.4, 0.5) is 0 Å². The fourth-order valence-corrected chi connectivity index (χ4v) is 1.36. The van der Waals surface area contributed by atoms with Gasteiger partial charge in [-0.15, -0.1) is 5.10 Å². The van der Waals surface area contributed by atoms with E-state index in [1.807, 2.05) is 13.0 Å². The number of nitrogens with zero attached hydrogens (tertiary/aromatic N) is 4. The van der Waals surface area contributed by atoms with Crippen molar-refractivity contribution >= 4 is 22.6 Å². The second-order valence-corrected chi connectivity index (χ2v) is 3.14. The molecule has 0 radical (unpaired) electrons. The molecule has 0 spiro atoms. The van der Waals surface area contributed by atoms with E-state index in [0.717, 1.165) is 11.1 Å². The van der Waals surface area contributed by atoms with Crippen LogP contribution in [0.1, 0.15) is 11.5 Å². The Morgan fingerprint density at radius 1 is 1.15 bits per heavy atom. The average Bonchev–Trinajstić information content (AvgIpc) is 2.06. The van der Waals surface area contributed by atoms with Crippen molar-refractivity contribution in [3.63, 3.8) is 0 Å². The van der Waals surface area contributed by atoms with Crippen LogP contribution in [0.15, 0.2) is 6.07 Å². The molecule has 0 fully saturated rings. The minimum Gasteiger partial charge on any atom is -0.221 e. The summed E-state index contributed by atoms with van der Waals surface area (Å²) in [5.41, 5.74) is 1.35. The van der Waals surface area contributed by atoms with Crippen LogP contribution in [0.3, 0.4) is 0 Å². The molecule has 0 amide bonds. The number of fused-ring (bicyclic) bond motifs is 1. The van der Waals surface area contributed by atoms with E-state index < -0.39 is 0 Å². The van der Waals surface area contributed by atoms with Gasteiger partial charge in [0, 0.05) is 0 Å². The van der Waals surface area contributed by atoms with Crippen LogP contribution in [-0.2, 0) is 0 Å². The second kappa shape index (κ2) is 2.88. The second-order valence-electron chi connectivity index (χ2n) is 2.78. The van der Waals surface area contributed by atoms with E-state index in [9.17, 15) is 0 Å². The molecule has 0 aliphatic carbocycles. The van der Waals surface area contributed by atoms with Crippen molar-refractivity contribution in [3.05, 3.63) is 22.7 Å². The highest BCUT2D eigenvalue weighted by atomic mass is 35.5. The zero-order valence-electron chi connectivity index (χ0n) is 7.24. The normalized spacial score (nSPS) is 10.7. The molecule has 0 aliphatic rings. The summed E-state index contributed by atoms with van der Waals surface area (Å²) >= 11 is 5.92. The molecule has 0 N–H and O–H groups in total. The summed E-state index contributed by atoms with van der Waals surface area (Å²) < 4.78 is 0. The smallest absolute Gasteiger partial charge is 0.186 e. The standard InChI is InChI=1S/C8H7ClN4/c1-4-3-6-7(9)10-5(2)11-8(6)13-12-4/h3H,1-2H3. The number of rotatable bonds is 0. The first-order chi connectivity index (χ1) is 6.16. The summed E-state index contributed by atoms with van der Waals surface area (Å²) in [6, 6.07) is 1.82. The first-order valence-electron chi connectivity index (χ1n) is 3.81.